The van der Waals surface area contributed by atoms with Crippen LogP contribution in [0.15, 0.2) is 60.7 Å². The maximum absolute atomic E-state index is 13.1. The van der Waals surface area contributed by atoms with Gasteiger partial charge in [0.2, 0.25) is 11.8 Å². The number of fused-ring (bicyclic) bond motifs is 1. The number of benzene rings is 2. The lowest BCUT2D eigenvalue weighted by Crippen LogP contribution is -2.67. The molecule has 0 saturated carbocycles. The Morgan fingerprint density at radius 2 is 1.57 bits per heavy atom. The summed E-state index contributed by atoms with van der Waals surface area (Å²) in [6.07, 6.45) is -0.0862. The zero-order valence-electron chi connectivity index (χ0n) is 26.8. The Kier molecular flexibility index (Phi) is 10.2. The van der Waals surface area contributed by atoms with E-state index in [0.717, 1.165) is 25.2 Å². The van der Waals surface area contributed by atoms with Crippen LogP contribution in [-0.2, 0) is 6.54 Å². The van der Waals surface area contributed by atoms with Gasteiger partial charge in [0.05, 0.1) is 25.4 Å². The van der Waals surface area contributed by atoms with Gasteiger partial charge in [-0.2, -0.15) is 9.97 Å². The summed E-state index contributed by atoms with van der Waals surface area (Å²) in [4.78, 5) is 31.0. The van der Waals surface area contributed by atoms with E-state index in [1.807, 2.05) is 39.8 Å². The molecule has 5 rings (SSSR count). The van der Waals surface area contributed by atoms with Crippen LogP contribution in [0.1, 0.15) is 43.4 Å². The molecule has 10 heteroatoms. The van der Waals surface area contributed by atoms with E-state index in [-0.39, 0.29) is 36.1 Å². The van der Waals surface area contributed by atoms with Crippen molar-refractivity contribution in [3.8, 4) is 17.8 Å². The van der Waals surface area contributed by atoms with Gasteiger partial charge in [0.15, 0.2) is 0 Å². The summed E-state index contributed by atoms with van der Waals surface area (Å²) >= 11 is 0. The minimum atomic E-state index is -0.0862. The maximum atomic E-state index is 13.1. The second kappa shape index (κ2) is 14.3. The van der Waals surface area contributed by atoms with Crippen LogP contribution in [0.25, 0.3) is 0 Å². The number of carbonyl (C=O) groups is 1. The average molecular weight is 603 g/mol. The fourth-order valence-electron chi connectivity index (χ4n) is 6.52. The van der Waals surface area contributed by atoms with Gasteiger partial charge in [-0.25, -0.2) is 4.79 Å². The number of nitrogens with zero attached hydrogens (tertiary/aromatic N) is 6. The van der Waals surface area contributed by atoms with E-state index >= 15 is 0 Å². The number of rotatable bonds is 10. The lowest BCUT2D eigenvalue weighted by Gasteiger charge is -2.53. The van der Waals surface area contributed by atoms with Crippen molar-refractivity contribution in [2.24, 2.45) is 0 Å². The number of ether oxygens (including phenoxy) is 3. The molecule has 0 radical (unpaired) electrons. The predicted octanol–water partition coefficient (Wildman–Crippen LogP) is 4.36. The third-order valence-electron chi connectivity index (χ3n) is 8.33. The summed E-state index contributed by atoms with van der Waals surface area (Å²) in [7, 11) is 5.26. The van der Waals surface area contributed by atoms with Gasteiger partial charge >= 0.3 is 12.0 Å². The fourth-order valence-corrected chi connectivity index (χ4v) is 6.52. The molecule has 2 aromatic carbocycles. The van der Waals surface area contributed by atoms with E-state index < -0.39 is 0 Å². The zero-order valence-corrected chi connectivity index (χ0v) is 26.8. The van der Waals surface area contributed by atoms with Gasteiger partial charge in [-0.15, -0.1) is 0 Å². The fraction of sp³-hybridized carbons (Fsp3) is 0.500. The van der Waals surface area contributed by atoms with E-state index in [1.165, 1.54) is 11.1 Å². The van der Waals surface area contributed by atoms with Crippen LogP contribution in [0, 0.1) is 0 Å². The monoisotopic (exact) mass is 602 g/mol. The normalized spacial score (nSPS) is 19.1. The first-order chi connectivity index (χ1) is 21.3. The lowest BCUT2D eigenvalue weighted by molar-refractivity contribution is -0.0271. The third-order valence-corrected chi connectivity index (χ3v) is 8.33. The van der Waals surface area contributed by atoms with Crippen molar-refractivity contribution in [2.75, 3.05) is 60.5 Å². The number of aromatic nitrogens is 2. The summed E-state index contributed by atoms with van der Waals surface area (Å²) in [6.45, 7) is 10.6. The van der Waals surface area contributed by atoms with Crippen LogP contribution >= 0.6 is 0 Å². The van der Waals surface area contributed by atoms with E-state index in [2.05, 4.69) is 80.4 Å². The number of hydrogen-bond acceptors (Lipinski definition) is 8. The van der Waals surface area contributed by atoms with Gasteiger partial charge < -0.3 is 24.0 Å². The molecule has 0 bridgehead atoms. The first-order valence-electron chi connectivity index (χ1n) is 15.6. The Morgan fingerprint density at radius 3 is 2.14 bits per heavy atom. The Labute approximate surface area is 261 Å². The van der Waals surface area contributed by atoms with Crippen LogP contribution in [0.3, 0.4) is 0 Å². The molecule has 1 aromatic heterocycles. The van der Waals surface area contributed by atoms with E-state index in [4.69, 9.17) is 14.2 Å². The van der Waals surface area contributed by atoms with Gasteiger partial charge in [-0.3, -0.25) is 9.80 Å². The second-order valence-electron chi connectivity index (χ2n) is 12.0. The van der Waals surface area contributed by atoms with E-state index in [1.54, 1.807) is 12.0 Å². The molecule has 0 unspecified atom stereocenters. The highest BCUT2D eigenvalue weighted by Crippen LogP contribution is 2.37. The first-order valence-corrected chi connectivity index (χ1v) is 15.6. The van der Waals surface area contributed by atoms with E-state index in [0.29, 0.717) is 38.0 Å². The molecule has 3 heterocycles. The standard InChI is InChI=1S/C34H46N6O4/c1-7-43-33-35-31(42-6)28(32(36-33)44-24(2)3)22-38-20-27-21-39(34(41)37(4)5)18-19-40(27)29(23-38)30(25-14-10-8-11-15-25)26-16-12-9-13-17-26/h8-17,24,27,29-30H,7,18-23H2,1-6H3/t27-,29+/m1/s1. The van der Waals surface area contributed by atoms with Gasteiger partial charge in [0.25, 0.3) is 0 Å². The van der Waals surface area contributed by atoms with Crippen molar-refractivity contribution in [1.82, 2.24) is 29.6 Å². The largest absolute Gasteiger partial charge is 0.481 e. The Bertz CT molecular complexity index is 1330. The SMILES string of the molecule is CCOc1nc(OC)c(CN2C[C@@H]3CN(C(=O)N(C)C)CCN3[C@H](C(c3ccccc3)c3ccccc3)C2)c(OC(C)C)n1. The molecular formula is C34H46N6O4. The van der Waals surface area contributed by atoms with Gasteiger partial charge in [-0.1, -0.05) is 60.7 Å². The summed E-state index contributed by atoms with van der Waals surface area (Å²) in [5, 5.41) is 0. The lowest BCUT2D eigenvalue weighted by atomic mass is 9.81. The summed E-state index contributed by atoms with van der Waals surface area (Å²) in [5.74, 6) is 1.07. The van der Waals surface area contributed by atoms with Crippen molar-refractivity contribution < 1.29 is 19.0 Å². The third kappa shape index (κ3) is 7.08. The topological polar surface area (TPSA) is 83.5 Å². The van der Waals surface area contributed by atoms with Gasteiger partial charge in [-0.05, 0) is 31.9 Å². The first kappa shape index (κ1) is 31.5. The minimum Gasteiger partial charge on any atom is -0.481 e. The van der Waals surface area contributed by atoms with Crippen molar-refractivity contribution in [3.05, 3.63) is 77.4 Å². The molecule has 236 valence electrons. The molecule has 0 spiro atoms. The number of piperazine rings is 2. The number of carbonyl (C=O) groups excluding carboxylic acids is 1. The molecule has 2 atom stereocenters. The van der Waals surface area contributed by atoms with Crippen LogP contribution in [0.5, 0.6) is 17.8 Å². The number of methoxy groups -OCH3 is 1. The quantitative estimate of drug-likeness (QED) is 0.339. The highest BCUT2D eigenvalue weighted by molar-refractivity contribution is 5.74. The van der Waals surface area contributed by atoms with Crippen LogP contribution in [0.4, 0.5) is 4.79 Å². The molecular weight excluding hydrogens is 556 g/mol. The molecule has 10 nitrogen and oxygen atoms in total. The molecule has 0 aliphatic carbocycles. The Balaban J connectivity index is 1.55. The van der Waals surface area contributed by atoms with Crippen molar-refractivity contribution >= 4 is 6.03 Å². The Morgan fingerprint density at radius 1 is 0.932 bits per heavy atom. The molecule has 0 N–H and O–H groups in total. The summed E-state index contributed by atoms with van der Waals surface area (Å²) in [5.41, 5.74) is 3.36. The smallest absolute Gasteiger partial charge is 0.323 e. The predicted molar refractivity (Wildman–Crippen MR) is 170 cm³/mol. The molecule has 2 fully saturated rings. The second-order valence-corrected chi connectivity index (χ2v) is 12.0. The maximum Gasteiger partial charge on any atom is 0.323 e. The highest BCUT2D eigenvalue weighted by atomic mass is 16.5. The number of urea groups is 1. The molecule has 2 saturated heterocycles. The zero-order chi connectivity index (χ0) is 31.2. The van der Waals surface area contributed by atoms with Crippen LogP contribution in [0.2, 0.25) is 0 Å². The summed E-state index contributed by atoms with van der Waals surface area (Å²) in [6, 6.07) is 22.1. The molecule has 3 aromatic rings. The van der Waals surface area contributed by atoms with Gasteiger partial charge in [0, 0.05) is 71.4 Å². The molecule has 2 aliphatic heterocycles. The van der Waals surface area contributed by atoms with Gasteiger partial charge in [0.1, 0.15) is 0 Å². The van der Waals surface area contributed by atoms with Crippen molar-refractivity contribution in [3.63, 3.8) is 0 Å². The van der Waals surface area contributed by atoms with E-state index in [9.17, 15) is 4.79 Å². The minimum absolute atomic E-state index is 0.0511. The molecule has 2 amide bonds. The van der Waals surface area contributed by atoms with Crippen molar-refractivity contribution in [1.29, 1.82) is 0 Å². The highest BCUT2D eigenvalue weighted by Gasteiger charge is 2.43. The summed E-state index contributed by atoms with van der Waals surface area (Å²) < 4.78 is 17.6. The molecule has 2 aliphatic rings. The number of amides is 2. The average Bonchev–Trinajstić information content (AvgIpc) is 3.02. The molecule has 44 heavy (non-hydrogen) atoms. The van der Waals surface area contributed by atoms with Crippen LogP contribution < -0.4 is 14.2 Å². The number of hydrogen-bond donors (Lipinski definition) is 0. The van der Waals surface area contributed by atoms with Crippen molar-refractivity contribution in [2.45, 2.75) is 51.4 Å². The van der Waals surface area contributed by atoms with Crippen LogP contribution in [-0.4, -0.2) is 114 Å². The Hall–Kier alpha value is -3.89.